The third kappa shape index (κ3) is 8.98. The van der Waals surface area contributed by atoms with Gasteiger partial charge in [0.2, 0.25) is 11.8 Å². The van der Waals surface area contributed by atoms with Crippen LogP contribution in [0, 0.1) is 20.8 Å². The highest BCUT2D eigenvalue weighted by molar-refractivity contribution is 7.92. The van der Waals surface area contributed by atoms with E-state index < -0.39 is 34.1 Å². The van der Waals surface area contributed by atoms with Crippen molar-refractivity contribution in [3.05, 3.63) is 130 Å². The second-order valence-corrected chi connectivity index (χ2v) is 15.0. The summed E-state index contributed by atoms with van der Waals surface area (Å²) in [7, 11) is -4.18. The van der Waals surface area contributed by atoms with Crippen molar-refractivity contribution < 1.29 is 18.0 Å². The van der Waals surface area contributed by atoms with E-state index in [1.165, 1.54) is 9.21 Å². The van der Waals surface area contributed by atoms with Crippen molar-refractivity contribution in [1.82, 2.24) is 10.2 Å². The van der Waals surface area contributed by atoms with Gasteiger partial charge in [0.25, 0.3) is 10.0 Å². The number of hydrogen-bond acceptors (Lipinski definition) is 4. The Morgan fingerprint density at radius 3 is 2.02 bits per heavy atom. The number of carbonyl (C=O) groups is 2. The van der Waals surface area contributed by atoms with Crippen LogP contribution in [-0.4, -0.2) is 43.3 Å². The Balaban J connectivity index is 1.84. The SMILES string of the molecule is Cc1ccc(S(=O)(=O)N(CC(=O)N(Cc2ccc(Cl)cc2)C(Cc2ccccc2)C(=O)NC(C)(C)C)c2cc(C)ccc2C)cc1. The van der Waals surface area contributed by atoms with Crippen LogP contribution < -0.4 is 9.62 Å². The summed E-state index contributed by atoms with van der Waals surface area (Å²) >= 11 is 6.17. The first kappa shape index (κ1) is 34.7. The van der Waals surface area contributed by atoms with E-state index in [-0.39, 0.29) is 23.8 Å². The van der Waals surface area contributed by atoms with Gasteiger partial charge in [0, 0.05) is 23.5 Å². The Morgan fingerprint density at radius 2 is 1.41 bits per heavy atom. The monoisotopic (exact) mass is 659 g/mol. The molecular weight excluding hydrogens is 618 g/mol. The summed E-state index contributed by atoms with van der Waals surface area (Å²) in [6.07, 6.45) is 0.232. The second-order valence-electron chi connectivity index (χ2n) is 12.7. The summed E-state index contributed by atoms with van der Waals surface area (Å²) < 4.78 is 29.8. The second kappa shape index (κ2) is 14.5. The summed E-state index contributed by atoms with van der Waals surface area (Å²) in [4.78, 5) is 30.2. The fraction of sp³-hybridized carbons (Fsp3) is 0.297. The molecule has 0 spiro atoms. The minimum Gasteiger partial charge on any atom is -0.350 e. The number of aryl methyl sites for hydroxylation is 3. The molecular formula is C37H42ClN3O4S. The fourth-order valence-electron chi connectivity index (χ4n) is 5.13. The van der Waals surface area contributed by atoms with E-state index in [9.17, 15) is 18.0 Å². The molecule has 46 heavy (non-hydrogen) atoms. The van der Waals surface area contributed by atoms with Gasteiger partial charge in [0.1, 0.15) is 12.6 Å². The highest BCUT2D eigenvalue weighted by atomic mass is 35.5. The lowest BCUT2D eigenvalue weighted by atomic mass is 10.0. The van der Waals surface area contributed by atoms with Gasteiger partial charge in [-0.05, 0) is 94.1 Å². The molecule has 242 valence electrons. The lowest BCUT2D eigenvalue weighted by molar-refractivity contribution is -0.140. The predicted molar refractivity (Wildman–Crippen MR) is 185 cm³/mol. The van der Waals surface area contributed by atoms with E-state index >= 15 is 0 Å². The van der Waals surface area contributed by atoms with Gasteiger partial charge in [-0.3, -0.25) is 13.9 Å². The van der Waals surface area contributed by atoms with Crippen LogP contribution in [0.25, 0.3) is 0 Å². The predicted octanol–water partition coefficient (Wildman–Crippen LogP) is 7.02. The lowest BCUT2D eigenvalue weighted by Gasteiger charge is -2.35. The molecule has 0 aliphatic rings. The van der Waals surface area contributed by atoms with Gasteiger partial charge in [-0.1, -0.05) is 83.9 Å². The number of benzene rings is 4. The number of halogens is 1. The van der Waals surface area contributed by atoms with Crippen molar-refractivity contribution in [2.24, 2.45) is 0 Å². The molecule has 0 aliphatic heterocycles. The van der Waals surface area contributed by atoms with Crippen LogP contribution in [0.4, 0.5) is 5.69 Å². The van der Waals surface area contributed by atoms with Crippen LogP contribution in [0.2, 0.25) is 5.02 Å². The summed E-state index contributed by atoms with van der Waals surface area (Å²) in [5, 5.41) is 3.59. The molecule has 0 heterocycles. The number of carbonyl (C=O) groups excluding carboxylic acids is 2. The third-order valence-corrected chi connectivity index (χ3v) is 9.58. The van der Waals surface area contributed by atoms with E-state index in [2.05, 4.69) is 5.32 Å². The van der Waals surface area contributed by atoms with E-state index in [0.29, 0.717) is 16.3 Å². The normalized spacial score (nSPS) is 12.3. The summed E-state index contributed by atoms with van der Waals surface area (Å²) in [5.74, 6) is -0.852. The fourth-order valence-corrected chi connectivity index (χ4v) is 6.73. The molecule has 0 fully saturated rings. The average Bonchev–Trinajstić information content (AvgIpc) is 2.99. The Labute approximate surface area is 278 Å². The van der Waals surface area contributed by atoms with E-state index in [1.54, 1.807) is 54.6 Å². The molecule has 4 aromatic rings. The molecule has 0 saturated heterocycles. The maximum absolute atomic E-state index is 14.6. The molecule has 1 atom stereocenters. The van der Waals surface area contributed by atoms with Crippen molar-refractivity contribution >= 4 is 39.1 Å². The van der Waals surface area contributed by atoms with Crippen LogP contribution in [0.15, 0.2) is 102 Å². The number of hydrogen-bond donors (Lipinski definition) is 1. The Bertz CT molecular complexity index is 1770. The molecule has 1 unspecified atom stereocenters. The average molecular weight is 660 g/mol. The van der Waals surface area contributed by atoms with Gasteiger partial charge in [-0.15, -0.1) is 0 Å². The molecule has 4 aromatic carbocycles. The molecule has 4 rings (SSSR count). The van der Waals surface area contributed by atoms with Crippen LogP contribution in [0.3, 0.4) is 0 Å². The molecule has 0 aromatic heterocycles. The number of amides is 2. The topological polar surface area (TPSA) is 86.8 Å². The van der Waals surface area contributed by atoms with Gasteiger partial charge in [0.05, 0.1) is 10.6 Å². The first-order valence-corrected chi connectivity index (χ1v) is 17.0. The van der Waals surface area contributed by atoms with Crippen LogP contribution in [0.5, 0.6) is 0 Å². The minimum absolute atomic E-state index is 0.0658. The summed E-state index contributed by atoms with van der Waals surface area (Å²) in [6, 6.07) is 27.7. The standard InChI is InChI=1S/C37H42ClN3O4S/c1-26-13-20-32(21-14-26)46(44,45)41(33-22-27(2)12-15-28(33)3)25-35(42)40(24-30-16-18-31(38)19-17-30)34(36(43)39-37(4,5)6)23-29-10-8-7-9-11-29/h7-22,34H,23-25H2,1-6H3,(H,39,43). The third-order valence-electron chi connectivity index (χ3n) is 7.56. The zero-order valence-corrected chi connectivity index (χ0v) is 28.8. The largest absolute Gasteiger partial charge is 0.350 e. The molecule has 2 amide bonds. The zero-order valence-electron chi connectivity index (χ0n) is 27.2. The Morgan fingerprint density at radius 1 is 0.804 bits per heavy atom. The molecule has 9 heteroatoms. The van der Waals surface area contributed by atoms with Crippen LogP contribution in [-0.2, 0) is 32.6 Å². The number of anilines is 1. The molecule has 0 radical (unpaired) electrons. The molecule has 1 N–H and O–H groups in total. The zero-order chi connectivity index (χ0) is 33.6. The summed E-state index contributed by atoms with van der Waals surface area (Å²) in [5.41, 5.74) is 3.91. The van der Waals surface area contributed by atoms with Gasteiger partial charge < -0.3 is 10.2 Å². The number of rotatable bonds is 11. The van der Waals surface area contributed by atoms with Gasteiger partial charge in [-0.25, -0.2) is 8.42 Å². The van der Waals surface area contributed by atoms with Crippen molar-refractivity contribution in [1.29, 1.82) is 0 Å². The Hall–Kier alpha value is -4.14. The van der Waals surface area contributed by atoms with Crippen molar-refractivity contribution in [3.63, 3.8) is 0 Å². The minimum atomic E-state index is -4.18. The molecule has 0 saturated carbocycles. The first-order valence-electron chi connectivity index (χ1n) is 15.2. The maximum atomic E-state index is 14.6. The van der Waals surface area contributed by atoms with E-state index in [1.807, 2.05) is 84.0 Å². The number of sulfonamides is 1. The van der Waals surface area contributed by atoms with Gasteiger partial charge >= 0.3 is 0 Å². The quantitative estimate of drug-likeness (QED) is 0.188. The molecule has 7 nitrogen and oxygen atoms in total. The first-order chi connectivity index (χ1) is 21.6. The van der Waals surface area contributed by atoms with Gasteiger partial charge in [-0.2, -0.15) is 0 Å². The molecule has 0 aliphatic carbocycles. The van der Waals surface area contributed by atoms with E-state index in [4.69, 9.17) is 11.6 Å². The van der Waals surface area contributed by atoms with Crippen molar-refractivity contribution in [2.45, 2.75) is 71.0 Å². The smallest absolute Gasteiger partial charge is 0.264 e. The van der Waals surface area contributed by atoms with Crippen LogP contribution in [0.1, 0.15) is 48.6 Å². The number of nitrogens with zero attached hydrogens (tertiary/aromatic N) is 2. The summed E-state index contributed by atoms with van der Waals surface area (Å²) in [6.45, 7) is 10.8. The van der Waals surface area contributed by atoms with Gasteiger partial charge in [0.15, 0.2) is 0 Å². The van der Waals surface area contributed by atoms with E-state index in [0.717, 1.165) is 22.3 Å². The lowest BCUT2D eigenvalue weighted by Crippen LogP contribution is -2.56. The highest BCUT2D eigenvalue weighted by Crippen LogP contribution is 2.29. The number of nitrogens with one attached hydrogen (secondary N) is 1. The maximum Gasteiger partial charge on any atom is 0.264 e. The Kier molecular flexibility index (Phi) is 11.0. The van der Waals surface area contributed by atoms with Crippen molar-refractivity contribution in [2.75, 3.05) is 10.8 Å². The van der Waals surface area contributed by atoms with Crippen LogP contribution >= 0.6 is 11.6 Å². The van der Waals surface area contributed by atoms with Crippen molar-refractivity contribution in [3.8, 4) is 0 Å². The highest BCUT2D eigenvalue weighted by Gasteiger charge is 2.36. The molecule has 0 bridgehead atoms.